The molecule has 0 aromatic carbocycles. The molecule has 1 aliphatic rings. The van der Waals surface area contributed by atoms with Gasteiger partial charge in [-0.1, -0.05) is 40.5 Å². The third kappa shape index (κ3) is 5.44. The molecule has 3 heteroatoms. The lowest BCUT2D eigenvalue weighted by molar-refractivity contribution is 0.457. The highest BCUT2D eigenvalue weighted by Gasteiger charge is 2.30. The Hall–Kier alpha value is 0.660. The topological polar surface area (TPSA) is 12.0 Å². The van der Waals surface area contributed by atoms with Crippen LogP contribution in [0.5, 0.6) is 0 Å². The zero-order valence-electron chi connectivity index (χ0n) is 12.0. The summed E-state index contributed by atoms with van der Waals surface area (Å²) in [5.74, 6) is 2.17. The maximum absolute atomic E-state index is 3.55. The van der Waals surface area contributed by atoms with E-state index in [9.17, 15) is 0 Å². The maximum Gasteiger partial charge on any atom is 0.0294 e. The van der Waals surface area contributed by atoms with Gasteiger partial charge in [-0.2, -0.15) is 23.5 Å². The maximum atomic E-state index is 3.55. The molecule has 0 aliphatic carbocycles. The molecule has 1 saturated heterocycles. The van der Waals surface area contributed by atoms with Crippen LogP contribution in [0.25, 0.3) is 0 Å². The third-order valence-corrected chi connectivity index (χ3v) is 7.24. The molecule has 0 saturated carbocycles. The fraction of sp³-hybridized carbons (Fsp3) is 1.00. The number of rotatable bonds is 6. The molecule has 0 aromatic rings. The molecule has 0 aromatic heterocycles. The third-order valence-electron chi connectivity index (χ3n) is 3.69. The minimum atomic E-state index is 0.709. The Kier molecular flexibility index (Phi) is 7.36. The fourth-order valence-electron chi connectivity index (χ4n) is 2.28. The van der Waals surface area contributed by atoms with Crippen LogP contribution in [0.15, 0.2) is 0 Å². The van der Waals surface area contributed by atoms with Crippen LogP contribution in [0.2, 0.25) is 0 Å². The lowest BCUT2D eigenvalue weighted by Crippen LogP contribution is -2.41. The van der Waals surface area contributed by atoms with Crippen molar-refractivity contribution in [1.29, 1.82) is 0 Å². The van der Waals surface area contributed by atoms with E-state index in [1.807, 2.05) is 0 Å². The van der Waals surface area contributed by atoms with E-state index in [2.05, 4.69) is 63.6 Å². The Morgan fingerprint density at radius 2 is 1.88 bits per heavy atom. The van der Waals surface area contributed by atoms with E-state index in [0.29, 0.717) is 6.04 Å². The van der Waals surface area contributed by atoms with Gasteiger partial charge < -0.3 is 5.32 Å². The van der Waals surface area contributed by atoms with Crippen LogP contribution in [0.1, 0.15) is 47.0 Å². The second kappa shape index (κ2) is 7.96. The first-order chi connectivity index (χ1) is 8.04. The first-order valence-electron chi connectivity index (χ1n) is 6.99. The molecule has 1 N–H and O–H groups in total. The molecule has 1 aliphatic heterocycles. The monoisotopic (exact) mass is 275 g/mol. The van der Waals surface area contributed by atoms with E-state index >= 15 is 0 Å². The van der Waals surface area contributed by atoms with Gasteiger partial charge in [0, 0.05) is 27.5 Å². The Morgan fingerprint density at radius 1 is 1.18 bits per heavy atom. The van der Waals surface area contributed by atoms with Crippen molar-refractivity contribution in [2.45, 2.75) is 68.7 Å². The number of hydrogen-bond donors (Lipinski definition) is 1. The minimum absolute atomic E-state index is 0.709. The highest BCUT2D eigenvalue weighted by atomic mass is 32.2. The summed E-state index contributed by atoms with van der Waals surface area (Å²) in [7, 11) is 2.13. The Morgan fingerprint density at radius 3 is 2.41 bits per heavy atom. The molecule has 1 nitrogen and oxygen atoms in total. The lowest BCUT2D eigenvalue weighted by Gasteiger charge is -2.36. The van der Waals surface area contributed by atoms with Gasteiger partial charge in [0.2, 0.25) is 0 Å². The van der Waals surface area contributed by atoms with Crippen LogP contribution in [0.3, 0.4) is 0 Å². The highest BCUT2D eigenvalue weighted by molar-refractivity contribution is 8.07. The van der Waals surface area contributed by atoms with Gasteiger partial charge in [0.1, 0.15) is 0 Å². The van der Waals surface area contributed by atoms with Crippen molar-refractivity contribution < 1.29 is 0 Å². The summed E-state index contributed by atoms with van der Waals surface area (Å²) in [6.45, 7) is 9.40. The largest absolute Gasteiger partial charge is 0.316 e. The van der Waals surface area contributed by atoms with Crippen LogP contribution in [-0.2, 0) is 0 Å². The SMILES string of the molecule is CNC(CCCC(C)C)C1CSC(C)C(C)S1. The molecule has 1 heterocycles. The van der Waals surface area contributed by atoms with Gasteiger partial charge in [-0.3, -0.25) is 0 Å². The quantitative estimate of drug-likeness (QED) is 0.786. The van der Waals surface area contributed by atoms with Crippen LogP contribution in [0.4, 0.5) is 0 Å². The second-order valence-electron chi connectivity index (χ2n) is 5.64. The smallest absolute Gasteiger partial charge is 0.0294 e. The number of thioether (sulfide) groups is 2. The van der Waals surface area contributed by atoms with Gasteiger partial charge in [-0.15, -0.1) is 0 Å². The second-order valence-corrected chi connectivity index (χ2v) is 8.67. The molecule has 0 amide bonds. The molecule has 0 bridgehead atoms. The fourth-order valence-corrected chi connectivity index (χ4v) is 5.49. The number of nitrogens with one attached hydrogen (secondary N) is 1. The van der Waals surface area contributed by atoms with Gasteiger partial charge in [0.25, 0.3) is 0 Å². The van der Waals surface area contributed by atoms with Gasteiger partial charge in [-0.05, 0) is 19.4 Å². The molecule has 1 rings (SSSR count). The van der Waals surface area contributed by atoms with Crippen molar-refractivity contribution in [2.24, 2.45) is 5.92 Å². The summed E-state index contributed by atoms with van der Waals surface area (Å²) in [6.07, 6.45) is 4.08. The van der Waals surface area contributed by atoms with Crippen molar-refractivity contribution in [3.05, 3.63) is 0 Å². The van der Waals surface area contributed by atoms with Gasteiger partial charge in [-0.25, -0.2) is 0 Å². The molecule has 1 fully saturated rings. The summed E-state index contributed by atoms with van der Waals surface area (Å²) < 4.78 is 0. The van der Waals surface area contributed by atoms with E-state index in [-0.39, 0.29) is 0 Å². The molecule has 102 valence electrons. The van der Waals surface area contributed by atoms with Gasteiger partial charge >= 0.3 is 0 Å². The van der Waals surface area contributed by atoms with Crippen LogP contribution < -0.4 is 5.32 Å². The molecule has 4 atom stereocenters. The van der Waals surface area contributed by atoms with Crippen LogP contribution >= 0.6 is 23.5 Å². The summed E-state index contributed by atoms with van der Waals surface area (Å²) in [5, 5.41) is 5.98. The molecular weight excluding hydrogens is 246 g/mol. The highest BCUT2D eigenvalue weighted by Crippen LogP contribution is 2.37. The minimum Gasteiger partial charge on any atom is -0.316 e. The summed E-state index contributed by atoms with van der Waals surface area (Å²) in [4.78, 5) is 0. The van der Waals surface area contributed by atoms with Gasteiger partial charge in [0.15, 0.2) is 0 Å². The number of hydrogen-bond acceptors (Lipinski definition) is 3. The Bertz CT molecular complexity index is 208. The summed E-state index contributed by atoms with van der Waals surface area (Å²) in [5.41, 5.74) is 0. The molecule has 0 spiro atoms. The van der Waals surface area contributed by atoms with Crippen molar-refractivity contribution in [3.63, 3.8) is 0 Å². The predicted octanol–water partition coefficient (Wildman–Crippen LogP) is 4.03. The molecule has 17 heavy (non-hydrogen) atoms. The zero-order chi connectivity index (χ0) is 12.8. The molecule has 0 radical (unpaired) electrons. The normalized spacial score (nSPS) is 31.8. The van der Waals surface area contributed by atoms with E-state index in [4.69, 9.17) is 0 Å². The lowest BCUT2D eigenvalue weighted by atomic mass is 10.0. The first kappa shape index (κ1) is 15.7. The predicted molar refractivity (Wildman–Crippen MR) is 84.3 cm³/mol. The Balaban J connectivity index is 2.34. The standard InChI is InChI=1S/C14H29NS2/c1-10(2)7-6-8-13(15-5)14-9-16-11(3)12(4)17-14/h10-15H,6-9H2,1-5H3. The summed E-state index contributed by atoms with van der Waals surface area (Å²) in [6, 6.07) is 0.709. The zero-order valence-corrected chi connectivity index (χ0v) is 13.7. The van der Waals surface area contributed by atoms with E-state index in [1.54, 1.807) is 0 Å². The Labute approximate surface area is 116 Å². The van der Waals surface area contributed by atoms with Crippen molar-refractivity contribution in [3.8, 4) is 0 Å². The van der Waals surface area contributed by atoms with E-state index in [0.717, 1.165) is 21.7 Å². The average molecular weight is 276 g/mol. The van der Waals surface area contributed by atoms with Crippen LogP contribution in [-0.4, -0.2) is 34.6 Å². The molecular formula is C14H29NS2. The average Bonchev–Trinajstić information content (AvgIpc) is 2.28. The van der Waals surface area contributed by atoms with Crippen LogP contribution in [0, 0.1) is 5.92 Å². The summed E-state index contributed by atoms with van der Waals surface area (Å²) >= 11 is 4.36. The van der Waals surface area contributed by atoms with Crippen molar-refractivity contribution in [1.82, 2.24) is 5.32 Å². The van der Waals surface area contributed by atoms with Crippen molar-refractivity contribution in [2.75, 3.05) is 12.8 Å². The van der Waals surface area contributed by atoms with Gasteiger partial charge in [0.05, 0.1) is 0 Å². The molecule has 4 unspecified atom stereocenters. The van der Waals surface area contributed by atoms with Crippen molar-refractivity contribution >= 4 is 23.5 Å². The van der Waals surface area contributed by atoms with E-state index in [1.165, 1.54) is 25.0 Å². The first-order valence-corrected chi connectivity index (χ1v) is 8.98. The van der Waals surface area contributed by atoms with E-state index < -0.39 is 0 Å².